The second-order valence-corrected chi connectivity index (χ2v) is 5.30. The monoisotopic (exact) mass is 236 g/mol. The predicted octanol–water partition coefficient (Wildman–Crippen LogP) is 3.71. The molecule has 94 valence electrons. The van der Waals surface area contributed by atoms with Gasteiger partial charge in [-0.1, -0.05) is 19.8 Å². The molecule has 17 heavy (non-hydrogen) atoms. The number of nitrogens with one attached hydrogen (secondary N) is 1. The van der Waals surface area contributed by atoms with E-state index in [9.17, 15) is 4.39 Å². The molecule has 0 radical (unpaired) electrons. The molecule has 0 saturated heterocycles. The zero-order valence-corrected chi connectivity index (χ0v) is 10.6. The second kappa shape index (κ2) is 4.94. The Hall–Kier alpha value is -1.25. The van der Waals surface area contributed by atoms with E-state index in [0.717, 1.165) is 11.6 Å². The quantitative estimate of drug-likeness (QED) is 0.768. The van der Waals surface area contributed by atoms with E-state index in [1.54, 1.807) is 6.92 Å². The molecule has 1 aliphatic rings. The van der Waals surface area contributed by atoms with Crippen molar-refractivity contribution < 1.29 is 4.39 Å². The van der Waals surface area contributed by atoms with Crippen molar-refractivity contribution in [3.05, 3.63) is 23.5 Å². The predicted molar refractivity (Wildman–Crippen MR) is 70.6 cm³/mol. The molecule has 2 atom stereocenters. The first kappa shape index (κ1) is 12.2. The lowest BCUT2D eigenvalue weighted by Gasteiger charge is -2.28. The maximum absolute atomic E-state index is 13.3. The average molecular weight is 236 g/mol. The summed E-state index contributed by atoms with van der Waals surface area (Å²) in [5, 5.41) is 3.46. The summed E-state index contributed by atoms with van der Waals surface area (Å²) in [6.07, 6.45) is 4.94. The number of rotatable bonds is 2. The summed E-state index contributed by atoms with van der Waals surface area (Å²) < 4.78 is 13.3. The molecular weight excluding hydrogens is 215 g/mol. The van der Waals surface area contributed by atoms with Gasteiger partial charge in [-0.25, -0.2) is 4.39 Å². The van der Waals surface area contributed by atoms with Gasteiger partial charge in [0, 0.05) is 6.04 Å². The van der Waals surface area contributed by atoms with E-state index >= 15 is 0 Å². The summed E-state index contributed by atoms with van der Waals surface area (Å²) in [5.74, 6) is 0.536. The number of benzene rings is 1. The summed E-state index contributed by atoms with van der Waals surface area (Å²) in [5.41, 5.74) is 7.87. The van der Waals surface area contributed by atoms with Gasteiger partial charge in [-0.15, -0.1) is 0 Å². The van der Waals surface area contributed by atoms with Gasteiger partial charge in [0.15, 0.2) is 0 Å². The minimum Gasteiger partial charge on any atom is -0.397 e. The SMILES string of the molecule is Cc1cc(NC2CCCC(C)C2)c(N)cc1F. The van der Waals surface area contributed by atoms with Gasteiger partial charge in [-0.2, -0.15) is 0 Å². The second-order valence-electron chi connectivity index (χ2n) is 5.30. The number of nitrogens with two attached hydrogens (primary N) is 1. The van der Waals surface area contributed by atoms with E-state index in [2.05, 4.69) is 12.2 Å². The number of anilines is 2. The van der Waals surface area contributed by atoms with Crippen LogP contribution < -0.4 is 11.1 Å². The molecule has 0 amide bonds. The summed E-state index contributed by atoms with van der Waals surface area (Å²) in [7, 11) is 0. The van der Waals surface area contributed by atoms with Gasteiger partial charge >= 0.3 is 0 Å². The first-order valence-electron chi connectivity index (χ1n) is 6.38. The molecule has 2 rings (SSSR count). The molecule has 1 saturated carbocycles. The van der Waals surface area contributed by atoms with E-state index in [1.807, 2.05) is 6.07 Å². The molecule has 1 aromatic rings. The molecular formula is C14H21FN2. The van der Waals surface area contributed by atoms with Crippen molar-refractivity contribution >= 4 is 11.4 Å². The van der Waals surface area contributed by atoms with Gasteiger partial charge < -0.3 is 11.1 Å². The lowest BCUT2D eigenvalue weighted by Crippen LogP contribution is -2.26. The normalized spacial score (nSPS) is 24.6. The van der Waals surface area contributed by atoms with E-state index in [-0.39, 0.29) is 5.82 Å². The van der Waals surface area contributed by atoms with Crippen LogP contribution in [0.2, 0.25) is 0 Å². The molecule has 0 bridgehead atoms. The summed E-state index contributed by atoms with van der Waals surface area (Å²) in [6.45, 7) is 4.05. The number of nitrogen functional groups attached to an aromatic ring is 1. The van der Waals surface area contributed by atoms with Crippen LogP contribution >= 0.6 is 0 Å². The highest BCUT2D eigenvalue weighted by atomic mass is 19.1. The molecule has 0 aliphatic heterocycles. The third kappa shape index (κ3) is 2.90. The molecule has 3 N–H and O–H groups in total. The van der Waals surface area contributed by atoms with Crippen LogP contribution in [0, 0.1) is 18.7 Å². The Labute approximate surface area is 102 Å². The van der Waals surface area contributed by atoms with E-state index in [4.69, 9.17) is 5.73 Å². The van der Waals surface area contributed by atoms with Crippen LogP contribution in [0.15, 0.2) is 12.1 Å². The molecule has 3 heteroatoms. The van der Waals surface area contributed by atoms with Crippen molar-refractivity contribution in [3.63, 3.8) is 0 Å². The Kier molecular flexibility index (Phi) is 3.55. The Morgan fingerprint density at radius 3 is 2.82 bits per heavy atom. The van der Waals surface area contributed by atoms with Crippen molar-refractivity contribution in [2.75, 3.05) is 11.1 Å². The third-order valence-corrected chi connectivity index (χ3v) is 3.63. The van der Waals surface area contributed by atoms with Crippen LogP contribution in [-0.2, 0) is 0 Å². The van der Waals surface area contributed by atoms with Crippen LogP contribution in [0.25, 0.3) is 0 Å². The zero-order chi connectivity index (χ0) is 12.4. The molecule has 1 aliphatic carbocycles. The molecule has 2 unspecified atom stereocenters. The largest absolute Gasteiger partial charge is 0.397 e. The van der Waals surface area contributed by atoms with E-state index < -0.39 is 0 Å². The Morgan fingerprint density at radius 1 is 1.35 bits per heavy atom. The van der Waals surface area contributed by atoms with Gasteiger partial charge in [0.2, 0.25) is 0 Å². The number of hydrogen-bond donors (Lipinski definition) is 2. The lowest BCUT2D eigenvalue weighted by atomic mass is 9.87. The molecule has 0 aromatic heterocycles. The fourth-order valence-corrected chi connectivity index (χ4v) is 2.61. The zero-order valence-electron chi connectivity index (χ0n) is 10.6. The smallest absolute Gasteiger partial charge is 0.128 e. The van der Waals surface area contributed by atoms with Gasteiger partial charge in [0.25, 0.3) is 0 Å². The molecule has 1 aromatic carbocycles. The maximum atomic E-state index is 13.3. The molecule has 2 nitrogen and oxygen atoms in total. The van der Waals surface area contributed by atoms with E-state index in [1.165, 1.54) is 31.7 Å². The summed E-state index contributed by atoms with van der Waals surface area (Å²) in [6, 6.07) is 3.69. The standard InChI is InChI=1S/C14H21FN2/c1-9-4-3-5-11(6-9)17-14-7-10(2)12(15)8-13(14)16/h7-9,11,17H,3-6,16H2,1-2H3. The van der Waals surface area contributed by atoms with Crippen LogP contribution in [0.4, 0.5) is 15.8 Å². The molecule has 0 spiro atoms. The highest BCUT2D eigenvalue weighted by molar-refractivity contribution is 5.67. The Balaban J connectivity index is 2.10. The minimum atomic E-state index is -0.231. The molecule has 1 fully saturated rings. The van der Waals surface area contributed by atoms with Crippen molar-refractivity contribution in [2.24, 2.45) is 5.92 Å². The fourth-order valence-electron chi connectivity index (χ4n) is 2.61. The van der Waals surface area contributed by atoms with Gasteiger partial charge in [0.1, 0.15) is 5.82 Å². The topological polar surface area (TPSA) is 38.0 Å². The van der Waals surface area contributed by atoms with Gasteiger partial charge in [-0.05, 0) is 43.4 Å². The van der Waals surface area contributed by atoms with Crippen molar-refractivity contribution in [2.45, 2.75) is 45.6 Å². The van der Waals surface area contributed by atoms with Crippen molar-refractivity contribution in [3.8, 4) is 0 Å². The summed E-state index contributed by atoms with van der Waals surface area (Å²) in [4.78, 5) is 0. The highest BCUT2D eigenvalue weighted by Gasteiger charge is 2.19. The first-order chi connectivity index (χ1) is 8.06. The molecule has 0 heterocycles. The van der Waals surface area contributed by atoms with Crippen LogP contribution in [0.3, 0.4) is 0 Å². The van der Waals surface area contributed by atoms with Crippen LogP contribution in [0.5, 0.6) is 0 Å². The first-order valence-corrected chi connectivity index (χ1v) is 6.38. The maximum Gasteiger partial charge on any atom is 0.128 e. The van der Waals surface area contributed by atoms with Crippen LogP contribution in [-0.4, -0.2) is 6.04 Å². The third-order valence-electron chi connectivity index (χ3n) is 3.63. The number of halogens is 1. The van der Waals surface area contributed by atoms with Crippen molar-refractivity contribution in [1.82, 2.24) is 0 Å². The Morgan fingerprint density at radius 2 is 2.12 bits per heavy atom. The van der Waals surface area contributed by atoms with Gasteiger partial charge in [-0.3, -0.25) is 0 Å². The van der Waals surface area contributed by atoms with Crippen LogP contribution in [0.1, 0.15) is 38.2 Å². The number of hydrogen-bond acceptors (Lipinski definition) is 2. The lowest BCUT2D eigenvalue weighted by molar-refractivity contribution is 0.358. The Bertz CT molecular complexity index is 403. The average Bonchev–Trinajstić information content (AvgIpc) is 2.26. The summed E-state index contributed by atoms with van der Waals surface area (Å²) >= 11 is 0. The minimum absolute atomic E-state index is 0.231. The van der Waals surface area contributed by atoms with Crippen molar-refractivity contribution in [1.29, 1.82) is 0 Å². The number of aryl methyl sites for hydroxylation is 1. The fraction of sp³-hybridized carbons (Fsp3) is 0.571. The van der Waals surface area contributed by atoms with Gasteiger partial charge in [0.05, 0.1) is 11.4 Å². The van der Waals surface area contributed by atoms with E-state index in [0.29, 0.717) is 17.3 Å². The highest BCUT2D eigenvalue weighted by Crippen LogP contribution is 2.29.